The topological polar surface area (TPSA) is 98.5 Å². The Kier molecular flexibility index (Phi) is 4.31. The first-order valence-corrected chi connectivity index (χ1v) is 6.77. The molecule has 1 aromatic rings. The summed E-state index contributed by atoms with van der Waals surface area (Å²) in [6.45, 7) is 3.13. The van der Waals surface area contributed by atoms with Gasteiger partial charge in [-0.05, 0) is 37.1 Å². The average Bonchev–Trinajstić information content (AvgIpc) is 2.22. The summed E-state index contributed by atoms with van der Waals surface area (Å²) in [6, 6.07) is 3.07. The molecule has 0 atom stereocenters. The van der Waals surface area contributed by atoms with E-state index in [1.54, 1.807) is 13.8 Å². The van der Waals surface area contributed by atoms with Crippen LogP contribution in [0, 0.1) is 13.8 Å². The van der Waals surface area contributed by atoms with Gasteiger partial charge in [0.05, 0.1) is 4.90 Å². The molecule has 0 aliphatic rings. The Hall–Kier alpha value is -1.60. The van der Waals surface area contributed by atoms with Crippen molar-refractivity contribution in [2.45, 2.75) is 18.7 Å². The van der Waals surface area contributed by atoms with Gasteiger partial charge in [-0.1, -0.05) is 0 Å². The lowest BCUT2D eigenvalue weighted by atomic mass is 10.1. The number of likely N-dealkylation sites (N-methyl/N-ethyl adjacent to an activating group) is 1. The van der Waals surface area contributed by atoms with Crippen LogP contribution in [0.15, 0.2) is 17.0 Å². The Morgan fingerprint density at radius 1 is 1.33 bits per heavy atom. The highest BCUT2D eigenvalue weighted by Gasteiger charge is 2.16. The molecule has 1 amide bonds. The van der Waals surface area contributed by atoms with Gasteiger partial charge in [0.2, 0.25) is 10.0 Å². The van der Waals surface area contributed by atoms with E-state index in [0.29, 0.717) is 16.9 Å². The van der Waals surface area contributed by atoms with E-state index in [1.807, 2.05) is 0 Å². The number of sulfonamides is 1. The van der Waals surface area contributed by atoms with Gasteiger partial charge in [-0.3, -0.25) is 4.79 Å². The first-order chi connectivity index (χ1) is 8.25. The number of aryl methyl sites for hydroxylation is 2. The van der Waals surface area contributed by atoms with Crippen molar-refractivity contribution in [3.05, 3.63) is 23.3 Å². The molecule has 1 rings (SSSR count). The highest BCUT2D eigenvalue weighted by atomic mass is 32.2. The van der Waals surface area contributed by atoms with E-state index < -0.39 is 10.0 Å². The Bertz CT molecular complexity index is 543. The second kappa shape index (κ2) is 5.36. The molecule has 0 radical (unpaired) electrons. The number of benzene rings is 1. The smallest absolute Gasteiger partial charge is 0.257 e. The molecule has 0 bridgehead atoms. The maximum absolute atomic E-state index is 11.4. The van der Waals surface area contributed by atoms with Gasteiger partial charge in [0.15, 0.2) is 6.61 Å². The molecule has 0 saturated carbocycles. The fraction of sp³-hybridized carbons (Fsp3) is 0.364. The van der Waals surface area contributed by atoms with Crippen molar-refractivity contribution in [2.24, 2.45) is 5.14 Å². The van der Waals surface area contributed by atoms with E-state index in [0.717, 1.165) is 0 Å². The predicted molar refractivity (Wildman–Crippen MR) is 66.9 cm³/mol. The minimum Gasteiger partial charge on any atom is -0.484 e. The van der Waals surface area contributed by atoms with E-state index in [1.165, 1.54) is 19.2 Å². The lowest BCUT2D eigenvalue weighted by Crippen LogP contribution is -2.25. The fourth-order valence-corrected chi connectivity index (χ4v) is 2.68. The number of nitrogens with one attached hydrogen (secondary N) is 1. The molecule has 0 unspecified atom stereocenters. The zero-order valence-electron chi connectivity index (χ0n) is 10.5. The third-order valence-corrected chi connectivity index (χ3v) is 3.58. The van der Waals surface area contributed by atoms with E-state index in [2.05, 4.69) is 5.32 Å². The van der Waals surface area contributed by atoms with Crippen LogP contribution in [0.5, 0.6) is 5.75 Å². The van der Waals surface area contributed by atoms with Gasteiger partial charge < -0.3 is 10.1 Å². The standard InChI is InChI=1S/C11H16N2O4S/c1-7-4-9(17-6-10(14)13-3)5-8(2)11(7)18(12,15)16/h4-5H,6H2,1-3H3,(H,13,14)(H2,12,15,16). The van der Waals surface area contributed by atoms with E-state index in [9.17, 15) is 13.2 Å². The molecular weight excluding hydrogens is 256 g/mol. The van der Waals surface area contributed by atoms with Crippen molar-refractivity contribution in [3.63, 3.8) is 0 Å². The van der Waals surface area contributed by atoms with Gasteiger partial charge in [0.1, 0.15) is 5.75 Å². The van der Waals surface area contributed by atoms with Crippen LogP contribution in [0.1, 0.15) is 11.1 Å². The number of nitrogens with two attached hydrogens (primary N) is 1. The minimum absolute atomic E-state index is 0.0924. The summed E-state index contributed by atoms with van der Waals surface area (Å²) >= 11 is 0. The van der Waals surface area contributed by atoms with Crippen LogP contribution in [0.2, 0.25) is 0 Å². The second-order valence-electron chi connectivity index (χ2n) is 3.89. The quantitative estimate of drug-likeness (QED) is 0.810. The van der Waals surface area contributed by atoms with E-state index in [-0.39, 0.29) is 17.4 Å². The summed E-state index contributed by atoms with van der Waals surface area (Å²) in [5.41, 5.74) is 0.980. The molecule has 0 aliphatic heterocycles. The predicted octanol–water partition coefficient (Wildman–Crippen LogP) is 0.0756. The Morgan fingerprint density at radius 3 is 2.22 bits per heavy atom. The molecule has 100 valence electrons. The maximum Gasteiger partial charge on any atom is 0.257 e. The highest BCUT2D eigenvalue weighted by molar-refractivity contribution is 7.89. The number of carbonyl (C=O) groups is 1. The fourth-order valence-electron chi connectivity index (χ4n) is 1.66. The zero-order valence-corrected chi connectivity index (χ0v) is 11.3. The minimum atomic E-state index is -3.75. The normalized spacial score (nSPS) is 11.1. The summed E-state index contributed by atoms with van der Waals surface area (Å²) in [7, 11) is -2.25. The summed E-state index contributed by atoms with van der Waals surface area (Å²) < 4.78 is 28.0. The molecular formula is C11H16N2O4S. The van der Waals surface area contributed by atoms with Crippen LogP contribution < -0.4 is 15.2 Å². The monoisotopic (exact) mass is 272 g/mol. The van der Waals surface area contributed by atoms with Crippen molar-refractivity contribution in [1.82, 2.24) is 5.32 Å². The van der Waals surface area contributed by atoms with Crippen LogP contribution >= 0.6 is 0 Å². The first-order valence-electron chi connectivity index (χ1n) is 5.23. The number of carbonyl (C=O) groups excluding carboxylic acids is 1. The molecule has 1 aromatic carbocycles. The number of rotatable bonds is 4. The molecule has 18 heavy (non-hydrogen) atoms. The number of hydrogen-bond donors (Lipinski definition) is 2. The third kappa shape index (κ3) is 3.44. The van der Waals surface area contributed by atoms with Gasteiger partial charge in [0.25, 0.3) is 5.91 Å². The van der Waals surface area contributed by atoms with Crippen molar-refractivity contribution < 1.29 is 17.9 Å². The van der Waals surface area contributed by atoms with Crippen LogP contribution in [0.25, 0.3) is 0 Å². The second-order valence-corrected chi connectivity index (χ2v) is 5.39. The Balaban J connectivity index is 3.04. The molecule has 0 fully saturated rings. The molecule has 0 aliphatic carbocycles. The van der Waals surface area contributed by atoms with Crippen LogP contribution in [-0.2, 0) is 14.8 Å². The summed E-state index contributed by atoms with van der Waals surface area (Å²) in [6.07, 6.45) is 0. The molecule has 3 N–H and O–H groups in total. The number of hydrogen-bond acceptors (Lipinski definition) is 4. The lowest BCUT2D eigenvalue weighted by Gasteiger charge is -2.11. The van der Waals surface area contributed by atoms with Crippen molar-refractivity contribution in [3.8, 4) is 5.75 Å². The van der Waals surface area contributed by atoms with Gasteiger partial charge >= 0.3 is 0 Å². The Morgan fingerprint density at radius 2 is 1.83 bits per heavy atom. The van der Waals surface area contributed by atoms with Gasteiger partial charge in [-0.15, -0.1) is 0 Å². The van der Waals surface area contributed by atoms with Crippen LogP contribution in [-0.4, -0.2) is 28.0 Å². The molecule has 7 heteroatoms. The SMILES string of the molecule is CNC(=O)COc1cc(C)c(S(N)(=O)=O)c(C)c1. The van der Waals surface area contributed by atoms with Crippen molar-refractivity contribution in [2.75, 3.05) is 13.7 Å². The van der Waals surface area contributed by atoms with E-state index in [4.69, 9.17) is 9.88 Å². The average molecular weight is 272 g/mol. The first kappa shape index (κ1) is 14.5. The number of amides is 1. The number of primary sulfonamides is 1. The van der Waals surface area contributed by atoms with Gasteiger partial charge in [-0.2, -0.15) is 0 Å². The van der Waals surface area contributed by atoms with E-state index >= 15 is 0 Å². The van der Waals surface area contributed by atoms with Crippen LogP contribution in [0.3, 0.4) is 0 Å². The van der Waals surface area contributed by atoms with Crippen molar-refractivity contribution >= 4 is 15.9 Å². The summed E-state index contributed by atoms with van der Waals surface area (Å²) in [5.74, 6) is 0.168. The molecule has 0 spiro atoms. The summed E-state index contributed by atoms with van der Waals surface area (Å²) in [4.78, 5) is 11.1. The maximum atomic E-state index is 11.4. The van der Waals surface area contributed by atoms with Crippen molar-refractivity contribution in [1.29, 1.82) is 0 Å². The zero-order chi connectivity index (χ0) is 13.9. The van der Waals surface area contributed by atoms with Crippen LogP contribution in [0.4, 0.5) is 0 Å². The van der Waals surface area contributed by atoms with Gasteiger partial charge in [0, 0.05) is 7.05 Å². The lowest BCUT2D eigenvalue weighted by molar-refractivity contribution is -0.122. The number of ether oxygens (including phenoxy) is 1. The third-order valence-electron chi connectivity index (χ3n) is 2.37. The van der Waals surface area contributed by atoms with Gasteiger partial charge in [-0.25, -0.2) is 13.6 Å². The molecule has 0 aromatic heterocycles. The largest absolute Gasteiger partial charge is 0.484 e. The highest BCUT2D eigenvalue weighted by Crippen LogP contribution is 2.24. The Labute approximate surface area is 106 Å². The summed E-state index contributed by atoms with van der Waals surface area (Å²) in [5, 5.41) is 7.54. The molecule has 6 nitrogen and oxygen atoms in total. The molecule has 0 heterocycles. The molecule has 0 saturated heterocycles.